The van der Waals surface area contributed by atoms with Gasteiger partial charge in [-0.3, -0.25) is 13.9 Å². The molecule has 2 atom stereocenters. The first kappa shape index (κ1) is 23.1. The molecule has 0 aliphatic rings. The topological polar surface area (TPSA) is 52.6 Å². The van der Waals surface area contributed by atoms with E-state index in [0.717, 1.165) is 0 Å². The predicted molar refractivity (Wildman–Crippen MR) is 91.7 cm³/mol. The monoisotopic (exact) mass is 440 g/mol. The largest absolute Gasteiger partial charge is 0.417 e. The van der Waals surface area contributed by atoms with Crippen molar-refractivity contribution in [2.75, 3.05) is 6.61 Å². The van der Waals surface area contributed by atoms with Crippen molar-refractivity contribution in [2.24, 2.45) is 0 Å². The van der Waals surface area contributed by atoms with Gasteiger partial charge >= 0.3 is 20.6 Å². The summed E-state index contributed by atoms with van der Waals surface area (Å²) in [6.45, 7) is 1.35. The van der Waals surface area contributed by atoms with Gasteiger partial charge in [-0.25, -0.2) is 0 Å². The van der Waals surface area contributed by atoms with Gasteiger partial charge in [0, 0.05) is 5.56 Å². The number of halogens is 6. The van der Waals surface area contributed by atoms with Crippen LogP contribution in [0.1, 0.15) is 40.1 Å². The lowest BCUT2D eigenvalue weighted by molar-refractivity contribution is -0.143. The molecule has 0 saturated carbocycles. The number of Topliss-reactive ketones (excluding diaryl/α,β-unsaturated/α-hetero) is 1. The third kappa shape index (κ3) is 5.68. The Morgan fingerprint density at radius 1 is 0.931 bits per heavy atom. The zero-order valence-electron chi connectivity index (χ0n) is 14.8. The summed E-state index contributed by atoms with van der Waals surface area (Å²) in [7, 11) is -3.37. The van der Waals surface area contributed by atoms with Crippen LogP contribution < -0.4 is 0 Å². The van der Waals surface area contributed by atoms with E-state index in [0.29, 0.717) is 18.2 Å². The van der Waals surface area contributed by atoms with Crippen LogP contribution in [0.2, 0.25) is 0 Å². The minimum Gasteiger partial charge on any atom is -0.311 e. The zero-order chi connectivity index (χ0) is 21.8. The fraction of sp³-hybridized carbons (Fsp3) is 0.278. The third-order valence-corrected chi connectivity index (χ3v) is 4.69. The van der Waals surface area contributed by atoms with E-state index >= 15 is 0 Å². The normalized spacial score (nSPS) is 14.4. The summed E-state index contributed by atoms with van der Waals surface area (Å²) >= 11 is 0. The fourth-order valence-corrected chi connectivity index (χ4v) is 3.31. The molecule has 0 aliphatic heterocycles. The Morgan fingerprint density at radius 3 is 1.90 bits per heavy atom. The summed E-state index contributed by atoms with van der Waals surface area (Å²) in [5, 5.41) is 0. The summed E-state index contributed by atoms with van der Waals surface area (Å²) in [4.78, 5) is 12.9. The summed E-state index contributed by atoms with van der Waals surface area (Å²) in [6.07, 6.45) is -12.5. The summed E-state index contributed by atoms with van der Waals surface area (Å²) < 4.78 is 102. The van der Waals surface area contributed by atoms with Gasteiger partial charge in [0.1, 0.15) is 0 Å². The Bertz CT molecular complexity index is 848. The second-order valence-corrected chi connectivity index (χ2v) is 6.70. The van der Waals surface area contributed by atoms with Crippen LogP contribution in [0.4, 0.5) is 26.3 Å². The first-order valence-corrected chi connectivity index (χ1v) is 9.39. The molecule has 29 heavy (non-hydrogen) atoms. The molecule has 0 spiro atoms. The van der Waals surface area contributed by atoms with Gasteiger partial charge in [0.15, 0.2) is 11.9 Å². The van der Waals surface area contributed by atoms with Crippen LogP contribution in [0.5, 0.6) is 0 Å². The van der Waals surface area contributed by atoms with Crippen LogP contribution >= 0.6 is 8.25 Å². The van der Waals surface area contributed by atoms with Gasteiger partial charge in [-0.15, -0.1) is 0 Å². The van der Waals surface area contributed by atoms with E-state index in [2.05, 4.69) is 0 Å². The van der Waals surface area contributed by atoms with Crippen molar-refractivity contribution in [3.05, 3.63) is 70.8 Å². The molecule has 2 unspecified atom stereocenters. The highest BCUT2D eigenvalue weighted by atomic mass is 31.1. The Balaban J connectivity index is 2.68. The molecule has 0 N–H and O–H groups in total. The molecule has 2 aromatic rings. The van der Waals surface area contributed by atoms with E-state index in [9.17, 15) is 35.7 Å². The van der Waals surface area contributed by atoms with E-state index in [1.165, 1.54) is 37.3 Å². The average molecular weight is 440 g/mol. The number of ketones is 1. The van der Waals surface area contributed by atoms with E-state index in [1.807, 2.05) is 0 Å². The Morgan fingerprint density at radius 2 is 1.45 bits per heavy atom. The second kappa shape index (κ2) is 9.11. The van der Waals surface area contributed by atoms with Gasteiger partial charge < -0.3 is 4.52 Å². The van der Waals surface area contributed by atoms with Gasteiger partial charge in [-0.1, -0.05) is 36.4 Å². The van der Waals surface area contributed by atoms with Crippen LogP contribution in [0, 0.1) is 0 Å². The molecule has 0 fully saturated rings. The van der Waals surface area contributed by atoms with E-state index < -0.39 is 49.2 Å². The number of hydrogen-bond donors (Lipinski definition) is 0. The molecule has 0 bridgehead atoms. The molecule has 0 amide bonds. The number of alkyl halides is 6. The van der Waals surface area contributed by atoms with E-state index in [4.69, 9.17) is 9.05 Å². The van der Waals surface area contributed by atoms with Crippen LogP contribution in [-0.4, -0.2) is 12.4 Å². The maximum absolute atomic E-state index is 13.4. The smallest absolute Gasteiger partial charge is 0.311 e. The van der Waals surface area contributed by atoms with Crippen LogP contribution in [0.15, 0.2) is 48.5 Å². The average Bonchev–Trinajstić information content (AvgIpc) is 2.64. The van der Waals surface area contributed by atoms with Gasteiger partial charge in [-0.2, -0.15) is 26.3 Å². The first-order valence-electron chi connectivity index (χ1n) is 8.16. The minimum absolute atomic E-state index is 0.0688. The van der Waals surface area contributed by atoms with Crippen molar-refractivity contribution < 1.29 is 44.7 Å². The van der Waals surface area contributed by atoms with Crippen LogP contribution in [0.25, 0.3) is 0 Å². The first-order chi connectivity index (χ1) is 13.5. The molecule has 0 heterocycles. The summed E-state index contributed by atoms with van der Waals surface area (Å²) in [5.74, 6) is -1.63. The highest BCUT2D eigenvalue weighted by Crippen LogP contribution is 2.43. The van der Waals surface area contributed by atoms with Crippen molar-refractivity contribution >= 4 is 14.0 Å². The SMILES string of the molecule is CCO[PH](=O)OC(C(=O)c1c(C(F)(F)F)cccc1C(F)(F)F)c1ccccc1. The molecule has 158 valence electrons. The molecule has 4 nitrogen and oxygen atoms in total. The molecule has 11 heteroatoms. The number of benzene rings is 2. The number of hydrogen-bond acceptors (Lipinski definition) is 4. The molecule has 2 aromatic carbocycles. The molecule has 0 saturated heterocycles. The van der Waals surface area contributed by atoms with Crippen molar-refractivity contribution in [1.82, 2.24) is 0 Å². The Labute approximate surface area is 162 Å². The van der Waals surface area contributed by atoms with Gasteiger partial charge in [0.25, 0.3) is 0 Å². The van der Waals surface area contributed by atoms with Crippen molar-refractivity contribution in [2.45, 2.75) is 25.4 Å². The quantitative estimate of drug-likeness (QED) is 0.297. The lowest BCUT2D eigenvalue weighted by atomic mass is 9.91. The molecular formula is C18H15F6O4P. The zero-order valence-corrected chi connectivity index (χ0v) is 15.8. The van der Waals surface area contributed by atoms with Crippen molar-refractivity contribution in [3.8, 4) is 0 Å². The maximum atomic E-state index is 13.4. The summed E-state index contributed by atoms with van der Waals surface area (Å²) in [5.41, 5.74) is -5.20. The Kier molecular flexibility index (Phi) is 7.26. The number of carbonyl (C=O) groups is 1. The minimum atomic E-state index is -5.24. The van der Waals surface area contributed by atoms with Crippen molar-refractivity contribution in [3.63, 3.8) is 0 Å². The summed E-state index contributed by atoms with van der Waals surface area (Å²) in [6, 6.07) is 8.13. The van der Waals surface area contributed by atoms with Gasteiger partial charge in [0.2, 0.25) is 0 Å². The molecule has 0 aromatic heterocycles. The standard InChI is InChI=1S/C18H15F6O4P/c1-2-27-29(26)28-16(11-7-4-3-5-8-11)15(25)14-12(17(19,20)21)9-6-10-13(14)18(22,23)24/h3-10,16,29H,2H2,1H3. The lowest BCUT2D eigenvalue weighted by Gasteiger charge is -2.22. The predicted octanol–water partition coefficient (Wildman–Crippen LogP) is 6.09. The maximum Gasteiger partial charge on any atom is 0.417 e. The van der Waals surface area contributed by atoms with Crippen LogP contribution in [-0.2, 0) is 26.0 Å². The highest BCUT2D eigenvalue weighted by molar-refractivity contribution is 7.33. The highest BCUT2D eigenvalue weighted by Gasteiger charge is 2.44. The van der Waals surface area contributed by atoms with E-state index in [1.54, 1.807) is 0 Å². The number of rotatable bonds is 7. The van der Waals surface area contributed by atoms with Gasteiger partial charge in [0.05, 0.1) is 17.7 Å². The second-order valence-electron chi connectivity index (χ2n) is 5.68. The Hall–Kier alpha value is -2.16. The fourth-order valence-electron chi connectivity index (χ4n) is 2.57. The molecule has 0 aliphatic carbocycles. The van der Waals surface area contributed by atoms with Crippen molar-refractivity contribution in [1.29, 1.82) is 0 Å². The van der Waals surface area contributed by atoms with Crippen LogP contribution in [0.3, 0.4) is 0 Å². The molecule has 2 rings (SSSR count). The number of carbonyl (C=O) groups excluding carboxylic acids is 1. The lowest BCUT2D eigenvalue weighted by Crippen LogP contribution is -2.24. The van der Waals surface area contributed by atoms with E-state index in [-0.39, 0.29) is 12.2 Å². The molecular weight excluding hydrogens is 425 g/mol. The third-order valence-electron chi connectivity index (χ3n) is 3.74. The van der Waals surface area contributed by atoms with Gasteiger partial charge in [-0.05, 0) is 24.6 Å². The molecule has 0 radical (unpaired) electrons.